The number of ether oxygens (including phenoxy) is 1. The summed E-state index contributed by atoms with van der Waals surface area (Å²) in [6.07, 6.45) is 1.36. The minimum absolute atomic E-state index is 0.00539. The van der Waals surface area contributed by atoms with Crippen LogP contribution >= 0.6 is 0 Å². The lowest BCUT2D eigenvalue weighted by molar-refractivity contribution is -0.121. The number of carbonyl (C=O) groups excluding carboxylic acids is 2. The molecule has 1 N–H and O–H groups in total. The second-order valence-electron chi connectivity index (χ2n) is 5.60. The van der Waals surface area contributed by atoms with Crippen LogP contribution in [0.15, 0.2) is 48.5 Å². The largest absolute Gasteiger partial charge is 0.497 e. The molecule has 0 aliphatic carbocycles. The van der Waals surface area contributed by atoms with Gasteiger partial charge in [0.1, 0.15) is 5.75 Å². The number of amides is 1. The third-order valence-electron chi connectivity index (χ3n) is 3.89. The number of ketones is 1. The van der Waals surface area contributed by atoms with Crippen LogP contribution in [0.1, 0.15) is 41.3 Å². The Morgan fingerprint density at radius 1 is 1.00 bits per heavy atom. The van der Waals surface area contributed by atoms with Gasteiger partial charge in [0.25, 0.3) is 0 Å². The van der Waals surface area contributed by atoms with Crippen LogP contribution < -0.4 is 10.1 Å². The van der Waals surface area contributed by atoms with Crippen molar-refractivity contribution in [3.05, 3.63) is 65.2 Å². The van der Waals surface area contributed by atoms with Crippen LogP contribution in [0.4, 0.5) is 0 Å². The topological polar surface area (TPSA) is 55.4 Å². The van der Waals surface area contributed by atoms with Crippen molar-refractivity contribution in [2.45, 2.75) is 32.7 Å². The average molecular weight is 325 g/mol. The number of hydrogen-bond donors (Lipinski definition) is 1. The van der Waals surface area contributed by atoms with E-state index in [1.165, 1.54) is 5.56 Å². The Kier molecular flexibility index (Phi) is 6.55. The van der Waals surface area contributed by atoms with Gasteiger partial charge in [-0.05, 0) is 29.7 Å². The molecule has 2 aromatic rings. The normalized spacial score (nSPS) is 10.2. The van der Waals surface area contributed by atoms with Crippen LogP contribution in [0.2, 0.25) is 0 Å². The molecular weight excluding hydrogens is 302 g/mol. The Balaban J connectivity index is 1.78. The van der Waals surface area contributed by atoms with Crippen molar-refractivity contribution in [3.8, 4) is 5.75 Å². The van der Waals surface area contributed by atoms with E-state index < -0.39 is 0 Å². The molecule has 0 aliphatic rings. The minimum Gasteiger partial charge on any atom is -0.497 e. The van der Waals surface area contributed by atoms with Gasteiger partial charge in [0.15, 0.2) is 5.78 Å². The van der Waals surface area contributed by atoms with Crippen molar-refractivity contribution >= 4 is 11.7 Å². The van der Waals surface area contributed by atoms with Crippen LogP contribution in [-0.4, -0.2) is 18.8 Å². The Labute approximate surface area is 142 Å². The summed E-state index contributed by atoms with van der Waals surface area (Å²) in [4.78, 5) is 24.0. The van der Waals surface area contributed by atoms with Crippen molar-refractivity contribution in [3.63, 3.8) is 0 Å². The second-order valence-corrected chi connectivity index (χ2v) is 5.60. The Morgan fingerprint density at radius 3 is 2.42 bits per heavy atom. The van der Waals surface area contributed by atoms with Crippen LogP contribution in [0.25, 0.3) is 0 Å². The predicted octanol–water partition coefficient (Wildman–Crippen LogP) is 3.54. The quantitative estimate of drug-likeness (QED) is 0.755. The summed E-state index contributed by atoms with van der Waals surface area (Å²) in [6.45, 7) is 2.50. The monoisotopic (exact) mass is 325 g/mol. The first-order chi connectivity index (χ1) is 11.6. The Hall–Kier alpha value is -2.62. The number of nitrogens with one attached hydrogen (secondary N) is 1. The van der Waals surface area contributed by atoms with Crippen molar-refractivity contribution in [2.75, 3.05) is 7.11 Å². The molecule has 1 amide bonds. The Bertz CT molecular complexity index is 692. The van der Waals surface area contributed by atoms with Gasteiger partial charge in [0, 0.05) is 24.9 Å². The van der Waals surface area contributed by atoms with Gasteiger partial charge in [-0.1, -0.05) is 43.3 Å². The fourth-order valence-corrected chi connectivity index (χ4v) is 2.37. The SMILES string of the molecule is CCc1ccc(C(=O)CCC(=O)NCc2cccc(OC)c2)cc1. The van der Waals surface area contributed by atoms with E-state index in [-0.39, 0.29) is 24.5 Å². The standard InChI is InChI=1S/C20H23NO3/c1-3-15-7-9-17(10-8-15)19(22)11-12-20(23)21-14-16-5-4-6-18(13-16)24-2/h4-10,13H,3,11-12,14H2,1-2H3,(H,21,23). The molecule has 0 heterocycles. The van der Waals surface area contributed by atoms with Gasteiger partial charge in [0.05, 0.1) is 7.11 Å². The third-order valence-corrected chi connectivity index (χ3v) is 3.89. The van der Waals surface area contributed by atoms with Crippen LogP contribution in [-0.2, 0) is 17.8 Å². The van der Waals surface area contributed by atoms with Gasteiger partial charge in [-0.3, -0.25) is 9.59 Å². The van der Waals surface area contributed by atoms with E-state index in [1.807, 2.05) is 48.5 Å². The summed E-state index contributed by atoms with van der Waals surface area (Å²) in [5.41, 5.74) is 2.82. The van der Waals surface area contributed by atoms with E-state index in [4.69, 9.17) is 4.74 Å². The molecule has 0 unspecified atom stereocenters. The summed E-state index contributed by atoms with van der Waals surface area (Å²) in [7, 11) is 1.61. The number of methoxy groups -OCH3 is 1. The molecule has 2 aromatic carbocycles. The third kappa shape index (κ3) is 5.23. The zero-order valence-corrected chi connectivity index (χ0v) is 14.2. The zero-order chi connectivity index (χ0) is 17.4. The molecule has 0 atom stereocenters. The van der Waals surface area contributed by atoms with Gasteiger partial charge in [-0.2, -0.15) is 0 Å². The first kappa shape index (κ1) is 17.7. The lowest BCUT2D eigenvalue weighted by Crippen LogP contribution is -2.23. The number of carbonyl (C=O) groups is 2. The summed E-state index contributed by atoms with van der Waals surface area (Å²) >= 11 is 0. The first-order valence-electron chi connectivity index (χ1n) is 8.14. The van der Waals surface area contributed by atoms with Crippen molar-refractivity contribution in [2.24, 2.45) is 0 Å². The van der Waals surface area contributed by atoms with E-state index >= 15 is 0 Å². The highest BCUT2D eigenvalue weighted by atomic mass is 16.5. The Morgan fingerprint density at radius 2 is 1.75 bits per heavy atom. The van der Waals surface area contributed by atoms with Crippen LogP contribution in [0, 0.1) is 0 Å². The van der Waals surface area contributed by atoms with Crippen molar-refractivity contribution < 1.29 is 14.3 Å². The van der Waals surface area contributed by atoms with Crippen molar-refractivity contribution in [1.82, 2.24) is 5.32 Å². The smallest absolute Gasteiger partial charge is 0.220 e. The summed E-state index contributed by atoms with van der Waals surface area (Å²) in [5, 5.41) is 2.83. The molecule has 0 fully saturated rings. The minimum atomic E-state index is -0.128. The fourth-order valence-electron chi connectivity index (χ4n) is 2.37. The molecule has 2 rings (SSSR count). The van der Waals surface area contributed by atoms with E-state index in [9.17, 15) is 9.59 Å². The van der Waals surface area contributed by atoms with Crippen LogP contribution in [0.3, 0.4) is 0 Å². The van der Waals surface area contributed by atoms with Gasteiger partial charge in [-0.25, -0.2) is 0 Å². The molecule has 0 spiro atoms. The average Bonchev–Trinajstić information content (AvgIpc) is 2.64. The molecule has 0 radical (unpaired) electrons. The molecule has 126 valence electrons. The summed E-state index contributed by atoms with van der Waals surface area (Å²) < 4.78 is 5.15. The lowest BCUT2D eigenvalue weighted by Gasteiger charge is -2.07. The van der Waals surface area contributed by atoms with Crippen molar-refractivity contribution in [1.29, 1.82) is 0 Å². The highest BCUT2D eigenvalue weighted by Gasteiger charge is 2.09. The fraction of sp³-hybridized carbons (Fsp3) is 0.300. The molecule has 0 aliphatic heterocycles. The summed E-state index contributed by atoms with van der Waals surface area (Å²) in [5.74, 6) is 0.623. The molecule has 0 bridgehead atoms. The number of Topliss-reactive ketones (excluding diaryl/α,β-unsaturated/α-hetero) is 1. The van der Waals surface area contributed by atoms with Crippen LogP contribution in [0.5, 0.6) is 5.75 Å². The molecule has 0 saturated heterocycles. The molecule has 4 nitrogen and oxygen atoms in total. The zero-order valence-electron chi connectivity index (χ0n) is 14.2. The van der Waals surface area contributed by atoms with Gasteiger partial charge >= 0.3 is 0 Å². The summed E-state index contributed by atoms with van der Waals surface area (Å²) in [6, 6.07) is 15.1. The number of rotatable bonds is 8. The molecule has 4 heteroatoms. The predicted molar refractivity (Wildman–Crippen MR) is 94.2 cm³/mol. The van der Waals surface area contributed by atoms with Gasteiger partial charge in [0.2, 0.25) is 5.91 Å². The highest BCUT2D eigenvalue weighted by molar-refractivity contribution is 5.97. The number of hydrogen-bond acceptors (Lipinski definition) is 3. The van der Waals surface area contributed by atoms with E-state index in [2.05, 4.69) is 12.2 Å². The van der Waals surface area contributed by atoms with E-state index in [0.717, 1.165) is 17.7 Å². The van der Waals surface area contributed by atoms with Gasteiger partial charge in [-0.15, -0.1) is 0 Å². The van der Waals surface area contributed by atoms with E-state index in [1.54, 1.807) is 7.11 Å². The maximum atomic E-state index is 12.1. The molecule has 0 aromatic heterocycles. The number of benzene rings is 2. The molecule has 24 heavy (non-hydrogen) atoms. The molecular formula is C20H23NO3. The lowest BCUT2D eigenvalue weighted by atomic mass is 10.0. The maximum absolute atomic E-state index is 12.1. The molecule has 0 saturated carbocycles. The number of aryl methyl sites for hydroxylation is 1. The highest BCUT2D eigenvalue weighted by Crippen LogP contribution is 2.12. The van der Waals surface area contributed by atoms with Gasteiger partial charge < -0.3 is 10.1 Å². The first-order valence-corrected chi connectivity index (χ1v) is 8.14. The van der Waals surface area contributed by atoms with E-state index in [0.29, 0.717) is 12.1 Å². The maximum Gasteiger partial charge on any atom is 0.220 e. The second kappa shape index (κ2) is 8.87.